The van der Waals surface area contributed by atoms with Crippen LogP contribution in [0.3, 0.4) is 0 Å². The fraction of sp³-hybridized carbons (Fsp3) is 0.176. The minimum atomic E-state index is -3.79. The number of halogens is 1. The zero-order valence-corrected chi connectivity index (χ0v) is 18.2. The van der Waals surface area contributed by atoms with Gasteiger partial charge in [-0.2, -0.15) is 0 Å². The summed E-state index contributed by atoms with van der Waals surface area (Å²) < 4.78 is 34.1. The quantitative estimate of drug-likeness (QED) is 0.485. The Morgan fingerprint density at radius 3 is 2.78 bits per heavy atom. The lowest BCUT2D eigenvalue weighted by atomic mass is 10.2. The number of rotatable bonds is 6. The van der Waals surface area contributed by atoms with Crippen LogP contribution in [-0.2, 0) is 21.4 Å². The first-order chi connectivity index (χ1) is 12.7. The van der Waals surface area contributed by atoms with Gasteiger partial charge in [-0.05, 0) is 59.3 Å². The Bertz CT molecular complexity index is 1090. The first-order valence-electron chi connectivity index (χ1n) is 7.84. The molecule has 0 saturated heterocycles. The second-order valence-electron chi connectivity index (χ2n) is 5.69. The molecule has 7 nitrogen and oxygen atoms in total. The van der Waals surface area contributed by atoms with Crippen LogP contribution in [0.25, 0.3) is 10.6 Å². The summed E-state index contributed by atoms with van der Waals surface area (Å²) in [6.07, 6.45) is 0. The van der Waals surface area contributed by atoms with Gasteiger partial charge in [0.05, 0.1) is 10.6 Å². The van der Waals surface area contributed by atoms with Crippen LogP contribution in [0.1, 0.15) is 18.2 Å². The Labute approximate surface area is 174 Å². The molecule has 2 heterocycles. The summed E-state index contributed by atoms with van der Waals surface area (Å²) in [5.41, 5.74) is 1.50. The van der Waals surface area contributed by atoms with Crippen molar-refractivity contribution >= 4 is 55.0 Å². The highest BCUT2D eigenvalue weighted by atomic mass is 127. The van der Waals surface area contributed by atoms with E-state index < -0.39 is 10.0 Å². The summed E-state index contributed by atoms with van der Waals surface area (Å²) in [5.74, 6) is 0.161. The molecule has 0 aliphatic rings. The van der Waals surface area contributed by atoms with E-state index >= 15 is 0 Å². The monoisotopic (exact) mass is 517 g/mol. The number of aryl methyl sites for hydroxylation is 1. The number of amides is 1. The molecule has 1 amide bonds. The topological polar surface area (TPSA) is 101 Å². The van der Waals surface area contributed by atoms with Crippen LogP contribution in [-0.4, -0.2) is 19.3 Å². The molecule has 0 fully saturated rings. The summed E-state index contributed by atoms with van der Waals surface area (Å²) in [6, 6.07) is 10.5. The molecule has 0 aliphatic heterocycles. The van der Waals surface area contributed by atoms with E-state index in [1.165, 1.54) is 24.3 Å². The largest absolute Gasteiger partial charge is 0.442 e. The molecule has 0 bridgehead atoms. The van der Waals surface area contributed by atoms with Gasteiger partial charge in [-0.1, -0.05) is 23.5 Å². The summed E-state index contributed by atoms with van der Waals surface area (Å²) in [4.78, 5) is 16.1. The van der Waals surface area contributed by atoms with Crippen molar-refractivity contribution in [1.29, 1.82) is 0 Å². The van der Waals surface area contributed by atoms with Crippen molar-refractivity contribution in [2.75, 3.05) is 5.32 Å². The SMILES string of the molecule is CC(=O)Nc1nc(C)c(-c2ccc(S(=O)(=O)NCc3cccc(I)c3)o2)s1. The number of aromatic nitrogens is 1. The van der Waals surface area contributed by atoms with Crippen LogP contribution in [0.5, 0.6) is 0 Å². The second kappa shape index (κ2) is 8.09. The Hall–Kier alpha value is -1.76. The van der Waals surface area contributed by atoms with Crippen LogP contribution in [0, 0.1) is 10.5 Å². The summed E-state index contributed by atoms with van der Waals surface area (Å²) in [7, 11) is -3.79. The number of hydrogen-bond acceptors (Lipinski definition) is 6. The Kier molecular flexibility index (Phi) is 5.99. The number of benzene rings is 1. The van der Waals surface area contributed by atoms with Gasteiger partial charge in [-0.15, -0.1) is 0 Å². The minimum Gasteiger partial charge on any atom is -0.442 e. The molecule has 3 aromatic rings. The van der Waals surface area contributed by atoms with Gasteiger partial charge in [0.25, 0.3) is 10.0 Å². The number of nitrogens with one attached hydrogen (secondary N) is 2. The molecule has 0 aliphatic carbocycles. The molecule has 1 aromatic carbocycles. The van der Waals surface area contributed by atoms with Crippen molar-refractivity contribution in [3.8, 4) is 10.6 Å². The highest BCUT2D eigenvalue weighted by Crippen LogP contribution is 2.34. The van der Waals surface area contributed by atoms with Gasteiger partial charge in [-0.3, -0.25) is 4.79 Å². The van der Waals surface area contributed by atoms with Crippen molar-refractivity contribution in [3.63, 3.8) is 0 Å². The molecule has 0 radical (unpaired) electrons. The van der Waals surface area contributed by atoms with Gasteiger partial charge in [0, 0.05) is 17.0 Å². The van der Waals surface area contributed by atoms with Gasteiger partial charge in [0.2, 0.25) is 11.0 Å². The number of anilines is 1. The van der Waals surface area contributed by atoms with Crippen molar-refractivity contribution < 1.29 is 17.6 Å². The fourth-order valence-corrected chi connectivity index (χ4v) is 4.84. The number of carbonyl (C=O) groups is 1. The van der Waals surface area contributed by atoms with E-state index in [0.29, 0.717) is 21.5 Å². The minimum absolute atomic E-state index is 0.168. The number of furan rings is 1. The first kappa shape index (κ1) is 20.0. The van der Waals surface area contributed by atoms with E-state index in [1.807, 2.05) is 24.3 Å². The second-order valence-corrected chi connectivity index (χ2v) is 9.63. The van der Waals surface area contributed by atoms with Crippen LogP contribution < -0.4 is 10.0 Å². The lowest BCUT2D eigenvalue weighted by Crippen LogP contribution is -2.22. The molecular formula is C17H16IN3O4S2. The van der Waals surface area contributed by atoms with Crippen molar-refractivity contribution in [1.82, 2.24) is 9.71 Å². The molecule has 3 rings (SSSR count). The average Bonchev–Trinajstić information content (AvgIpc) is 3.20. The molecule has 0 spiro atoms. The van der Waals surface area contributed by atoms with E-state index in [1.54, 1.807) is 13.0 Å². The van der Waals surface area contributed by atoms with Crippen LogP contribution in [0.15, 0.2) is 45.9 Å². The van der Waals surface area contributed by atoms with Gasteiger partial charge in [-0.25, -0.2) is 18.1 Å². The normalized spacial score (nSPS) is 11.5. The van der Waals surface area contributed by atoms with Crippen molar-refractivity contribution in [2.45, 2.75) is 25.5 Å². The third-order valence-electron chi connectivity index (χ3n) is 3.50. The standard InChI is InChI=1S/C17H16IN3O4S2/c1-10-16(26-17(20-10)21-11(2)22)14-6-7-15(25-14)27(23,24)19-9-12-4-3-5-13(18)8-12/h3-8,19H,9H2,1-2H3,(H,20,21,22). The number of carbonyl (C=O) groups excluding carboxylic acids is 1. The van der Waals surface area contributed by atoms with E-state index in [9.17, 15) is 13.2 Å². The van der Waals surface area contributed by atoms with Gasteiger partial charge in [0.15, 0.2) is 5.13 Å². The highest BCUT2D eigenvalue weighted by molar-refractivity contribution is 14.1. The number of hydrogen-bond donors (Lipinski definition) is 2. The molecule has 10 heteroatoms. The molecule has 0 saturated carbocycles. The molecule has 27 heavy (non-hydrogen) atoms. The zero-order valence-electron chi connectivity index (χ0n) is 14.4. The van der Waals surface area contributed by atoms with Crippen molar-refractivity contribution in [3.05, 3.63) is 51.2 Å². The summed E-state index contributed by atoms with van der Waals surface area (Å²) in [6.45, 7) is 3.33. The van der Waals surface area contributed by atoms with Crippen LogP contribution in [0.4, 0.5) is 5.13 Å². The molecule has 2 N–H and O–H groups in total. The lowest BCUT2D eigenvalue weighted by Gasteiger charge is -2.05. The molecule has 0 unspecified atom stereocenters. The summed E-state index contributed by atoms with van der Waals surface area (Å²) >= 11 is 3.40. The Morgan fingerprint density at radius 2 is 2.07 bits per heavy atom. The maximum atomic E-state index is 12.5. The lowest BCUT2D eigenvalue weighted by molar-refractivity contribution is -0.114. The van der Waals surface area contributed by atoms with Gasteiger partial charge < -0.3 is 9.73 Å². The Morgan fingerprint density at radius 1 is 1.30 bits per heavy atom. The van der Waals surface area contributed by atoms with Gasteiger partial charge in [0.1, 0.15) is 5.76 Å². The third-order valence-corrected chi connectivity index (χ3v) is 6.54. The Balaban J connectivity index is 1.78. The molecule has 0 atom stereocenters. The van der Waals surface area contributed by atoms with Crippen LogP contribution >= 0.6 is 33.9 Å². The molecule has 2 aromatic heterocycles. The smallest absolute Gasteiger partial charge is 0.274 e. The van der Waals surface area contributed by atoms with E-state index in [2.05, 4.69) is 37.6 Å². The first-order valence-corrected chi connectivity index (χ1v) is 11.2. The fourth-order valence-electron chi connectivity index (χ4n) is 2.31. The van der Waals surface area contributed by atoms with Gasteiger partial charge >= 0.3 is 0 Å². The van der Waals surface area contributed by atoms with E-state index in [4.69, 9.17) is 4.42 Å². The maximum Gasteiger partial charge on any atom is 0.274 e. The highest BCUT2D eigenvalue weighted by Gasteiger charge is 2.21. The predicted molar refractivity (Wildman–Crippen MR) is 112 cm³/mol. The third kappa shape index (κ3) is 4.94. The predicted octanol–water partition coefficient (Wildman–Crippen LogP) is 3.75. The molecular weight excluding hydrogens is 501 g/mol. The van der Waals surface area contributed by atoms with Crippen LogP contribution in [0.2, 0.25) is 0 Å². The average molecular weight is 517 g/mol. The number of sulfonamides is 1. The summed E-state index contributed by atoms with van der Waals surface area (Å²) in [5, 5.41) is 2.88. The van der Waals surface area contributed by atoms with E-state index in [0.717, 1.165) is 9.13 Å². The number of thiazole rings is 1. The van der Waals surface area contributed by atoms with E-state index in [-0.39, 0.29) is 17.5 Å². The zero-order chi connectivity index (χ0) is 19.6. The maximum absolute atomic E-state index is 12.5. The van der Waals surface area contributed by atoms with Crippen molar-refractivity contribution in [2.24, 2.45) is 0 Å². The molecule has 142 valence electrons. The number of nitrogens with zero attached hydrogens (tertiary/aromatic N) is 1.